The van der Waals surface area contributed by atoms with Gasteiger partial charge in [0.15, 0.2) is 0 Å². The Bertz CT molecular complexity index is 404. The van der Waals surface area contributed by atoms with Crippen LogP contribution in [0.4, 0.5) is 0 Å². The van der Waals surface area contributed by atoms with Crippen molar-refractivity contribution in [3.05, 3.63) is 17.2 Å². The molecule has 1 atom stereocenters. The smallest absolute Gasteiger partial charge is 0.112 e. The van der Waals surface area contributed by atoms with Crippen LogP contribution < -0.4 is 5.32 Å². The molecule has 102 valence electrons. The second-order valence-electron chi connectivity index (χ2n) is 6.16. The average Bonchev–Trinajstić information content (AvgIpc) is 2.67. The zero-order valence-electron chi connectivity index (χ0n) is 12.5. The van der Waals surface area contributed by atoms with Gasteiger partial charge in [0.05, 0.1) is 5.69 Å². The number of aromatic nitrogens is 2. The normalized spacial score (nSPS) is 19.6. The number of fused-ring (bicyclic) bond motifs is 1. The third-order valence-electron chi connectivity index (χ3n) is 3.79. The Kier molecular flexibility index (Phi) is 4.10. The molecule has 1 N–H and O–H groups in total. The number of rotatable bonds is 4. The van der Waals surface area contributed by atoms with E-state index in [0.29, 0.717) is 18.0 Å². The summed E-state index contributed by atoms with van der Waals surface area (Å²) in [5.41, 5.74) is 2.75. The monoisotopic (exact) mass is 249 g/mol. The van der Waals surface area contributed by atoms with Crippen LogP contribution in [0.5, 0.6) is 0 Å². The molecule has 0 saturated heterocycles. The van der Waals surface area contributed by atoms with E-state index in [-0.39, 0.29) is 0 Å². The number of imidazole rings is 1. The Hall–Kier alpha value is -0.830. The highest BCUT2D eigenvalue weighted by atomic mass is 15.1. The molecule has 2 rings (SSSR count). The molecule has 0 saturated carbocycles. The topological polar surface area (TPSA) is 29.9 Å². The molecular formula is C15H27N3. The molecule has 1 aliphatic heterocycles. The summed E-state index contributed by atoms with van der Waals surface area (Å²) in [5, 5.41) is 3.50. The largest absolute Gasteiger partial charge is 0.329 e. The van der Waals surface area contributed by atoms with Gasteiger partial charge in [0, 0.05) is 30.2 Å². The van der Waals surface area contributed by atoms with E-state index in [1.807, 2.05) is 0 Å². The summed E-state index contributed by atoms with van der Waals surface area (Å²) >= 11 is 0. The molecule has 0 amide bonds. The molecule has 3 heteroatoms. The fraction of sp³-hybridized carbons (Fsp3) is 0.800. The van der Waals surface area contributed by atoms with Gasteiger partial charge in [0.25, 0.3) is 0 Å². The summed E-state index contributed by atoms with van der Waals surface area (Å²) in [7, 11) is 0. The summed E-state index contributed by atoms with van der Waals surface area (Å²) in [6, 6.07) is 1.14. The molecule has 0 fully saturated rings. The number of hydrogen-bond acceptors (Lipinski definition) is 2. The molecular weight excluding hydrogens is 222 g/mol. The van der Waals surface area contributed by atoms with Gasteiger partial charge in [0.2, 0.25) is 0 Å². The molecule has 1 unspecified atom stereocenters. The third-order valence-corrected chi connectivity index (χ3v) is 3.79. The highest BCUT2D eigenvalue weighted by molar-refractivity contribution is 5.22. The van der Waals surface area contributed by atoms with Crippen molar-refractivity contribution >= 4 is 0 Å². The lowest BCUT2D eigenvalue weighted by molar-refractivity contribution is 0.411. The molecule has 0 aliphatic carbocycles. The molecule has 18 heavy (non-hydrogen) atoms. The summed E-state index contributed by atoms with van der Waals surface area (Å²) in [6.07, 6.45) is 3.79. The predicted octanol–water partition coefficient (Wildman–Crippen LogP) is 3.40. The SMILES string of the molecule is CC(C)NCc1nc(C(C)C)n2c1CCCC2C. The average molecular weight is 249 g/mol. The van der Waals surface area contributed by atoms with Gasteiger partial charge >= 0.3 is 0 Å². The second-order valence-corrected chi connectivity index (χ2v) is 6.16. The van der Waals surface area contributed by atoms with Gasteiger partial charge in [-0.25, -0.2) is 4.98 Å². The Morgan fingerprint density at radius 1 is 1.33 bits per heavy atom. The third kappa shape index (κ3) is 2.61. The maximum absolute atomic E-state index is 4.91. The number of nitrogens with one attached hydrogen (secondary N) is 1. The van der Waals surface area contributed by atoms with E-state index in [2.05, 4.69) is 44.5 Å². The fourth-order valence-corrected chi connectivity index (χ4v) is 2.83. The summed E-state index contributed by atoms with van der Waals surface area (Å²) in [6.45, 7) is 12.1. The van der Waals surface area contributed by atoms with Gasteiger partial charge in [-0.3, -0.25) is 0 Å². The molecule has 1 aliphatic rings. The first-order valence-corrected chi connectivity index (χ1v) is 7.34. The molecule has 0 spiro atoms. The fourth-order valence-electron chi connectivity index (χ4n) is 2.83. The lowest BCUT2D eigenvalue weighted by Gasteiger charge is -2.25. The van der Waals surface area contributed by atoms with Crippen molar-refractivity contribution in [3.63, 3.8) is 0 Å². The van der Waals surface area contributed by atoms with Crippen LogP contribution in [-0.4, -0.2) is 15.6 Å². The van der Waals surface area contributed by atoms with Gasteiger partial charge in [-0.2, -0.15) is 0 Å². The van der Waals surface area contributed by atoms with Crippen LogP contribution >= 0.6 is 0 Å². The van der Waals surface area contributed by atoms with Crippen molar-refractivity contribution in [1.82, 2.24) is 14.9 Å². The molecule has 0 aromatic carbocycles. The maximum atomic E-state index is 4.91. The maximum Gasteiger partial charge on any atom is 0.112 e. The molecule has 2 heterocycles. The van der Waals surface area contributed by atoms with Crippen molar-refractivity contribution < 1.29 is 0 Å². The van der Waals surface area contributed by atoms with Crippen molar-refractivity contribution in [1.29, 1.82) is 0 Å². The first-order chi connectivity index (χ1) is 8.50. The molecule has 1 aromatic rings. The Morgan fingerprint density at radius 2 is 2.06 bits per heavy atom. The van der Waals surface area contributed by atoms with E-state index in [1.54, 1.807) is 0 Å². The van der Waals surface area contributed by atoms with Crippen LogP contribution in [0.1, 0.15) is 76.6 Å². The number of hydrogen-bond donors (Lipinski definition) is 1. The van der Waals surface area contributed by atoms with Crippen LogP contribution in [0.3, 0.4) is 0 Å². The summed E-state index contributed by atoms with van der Waals surface area (Å²) < 4.78 is 2.51. The van der Waals surface area contributed by atoms with E-state index >= 15 is 0 Å². The minimum Gasteiger partial charge on any atom is -0.329 e. The van der Waals surface area contributed by atoms with Crippen LogP contribution in [-0.2, 0) is 13.0 Å². The van der Waals surface area contributed by atoms with Crippen LogP contribution in [0.15, 0.2) is 0 Å². The van der Waals surface area contributed by atoms with Crippen LogP contribution in [0.2, 0.25) is 0 Å². The minimum atomic E-state index is 0.511. The van der Waals surface area contributed by atoms with Crippen LogP contribution in [0, 0.1) is 0 Å². The zero-order chi connectivity index (χ0) is 13.3. The Labute approximate surface area is 111 Å². The first kappa shape index (κ1) is 13.6. The molecule has 0 radical (unpaired) electrons. The Balaban J connectivity index is 2.33. The lowest BCUT2D eigenvalue weighted by Crippen LogP contribution is -2.24. The van der Waals surface area contributed by atoms with Crippen molar-refractivity contribution in [2.45, 2.75) is 78.4 Å². The molecule has 0 bridgehead atoms. The van der Waals surface area contributed by atoms with Crippen LogP contribution in [0.25, 0.3) is 0 Å². The highest BCUT2D eigenvalue weighted by Crippen LogP contribution is 2.31. The van der Waals surface area contributed by atoms with Gasteiger partial charge in [-0.05, 0) is 26.2 Å². The Morgan fingerprint density at radius 3 is 2.67 bits per heavy atom. The minimum absolute atomic E-state index is 0.511. The lowest BCUT2D eigenvalue weighted by atomic mass is 10.0. The second kappa shape index (κ2) is 5.43. The van der Waals surface area contributed by atoms with Crippen molar-refractivity contribution in [3.8, 4) is 0 Å². The van der Waals surface area contributed by atoms with Gasteiger partial charge in [-0.1, -0.05) is 27.7 Å². The van der Waals surface area contributed by atoms with E-state index < -0.39 is 0 Å². The molecule has 3 nitrogen and oxygen atoms in total. The van der Waals surface area contributed by atoms with E-state index in [9.17, 15) is 0 Å². The van der Waals surface area contributed by atoms with Gasteiger partial charge in [-0.15, -0.1) is 0 Å². The first-order valence-electron chi connectivity index (χ1n) is 7.34. The van der Waals surface area contributed by atoms with Gasteiger partial charge < -0.3 is 9.88 Å². The van der Waals surface area contributed by atoms with E-state index in [1.165, 1.54) is 36.5 Å². The predicted molar refractivity (Wildman–Crippen MR) is 75.9 cm³/mol. The zero-order valence-corrected chi connectivity index (χ0v) is 12.5. The van der Waals surface area contributed by atoms with E-state index in [0.717, 1.165) is 6.54 Å². The summed E-state index contributed by atoms with van der Waals surface area (Å²) in [4.78, 5) is 4.91. The van der Waals surface area contributed by atoms with Crippen molar-refractivity contribution in [2.24, 2.45) is 0 Å². The standard InChI is InChI=1S/C15H27N3/c1-10(2)15-17-13(9-16-11(3)4)14-8-6-7-12(5)18(14)15/h10-12,16H,6-9H2,1-5H3. The number of nitrogens with zero attached hydrogens (tertiary/aromatic N) is 2. The highest BCUT2D eigenvalue weighted by Gasteiger charge is 2.25. The summed E-state index contributed by atoms with van der Waals surface area (Å²) in [5.74, 6) is 1.79. The van der Waals surface area contributed by atoms with E-state index in [4.69, 9.17) is 4.98 Å². The van der Waals surface area contributed by atoms with Gasteiger partial charge in [0.1, 0.15) is 5.82 Å². The molecule has 1 aromatic heterocycles. The quantitative estimate of drug-likeness (QED) is 0.886. The van der Waals surface area contributed by atoms with Crippen molar-refractivity contribution in [2.75, 3.05) is 0 Å².